The summed E-state index contributed by atoms with van der Waals surface area (Å²) in [6.07, 6.45) is 1.78. The molecule has 4 heteroatoms. The van der Waals surface area contributed by atoms with E-state index in [0.29, 0.717) is 5.56 Å². The third-order valence-corrected chi connectivity index (χ3v) is 2.89. The number of hydrogen-bond acceptors (Lipinski definition) is 3. The molecule has 0 radical (unpaired) electrons. The summed E-state index contributed by atoms with van der Waals surface area (Å²) in [6.45, 7) is 2.05. The van der Waals surface area contributed by atoms with E-state index in [1.807, 2.05) is 30.3 Å². The second kappa shape index (κ2) is 6.00. The summed E-state index contributed by atoms with van der Waals surface area (Å²) in [5.41, 5.74) is 2.60. The number of nitrogens with zero attached hydrogens (tertiary/aromatic N) is 1. The second-order valence-electron chi connectivity index (χ2n) is 4.28. The summed E-state index contributed by atoms with van der Waals surface area (Å²) < 4.78 is 0. The smallest absolute Gasteiger partial charge is 0.251 e. The molecular formula is C15H17N3O. The minimum Gasteiger partial charge on any atom is -0.377 e. The van der Waals surface area contributed by atoms with Crippen LogP contribution in [0.15, 0.2) is 48.7 Å². The molecule has 0 saturated heterocycles. The highest BCUT2D eigenvalue weighted by Gasteiger charge is 2.07. The fourth-order valence-electron chi connectivity index (χ4n) is 1.82. The number of benzene rings is 1. The summed E-state index contributed by atoms with van der Waals surface area (Å²) in [5.74, 6) is -0.0793. The maximum Gasteiger partial charge on any atom is 0.251 e. The molecule has 19 heavy (non-hydrogen) atoms. The predicted octanol–water partition coefficient (Wildman–Crippen LogP) is 2.61. The normalized spacial score (nSPS) is 11.7. The van der Waals surface area contributed by atoms with Crippen LogP contribution in [0.5, 0.6) is 0 Å². The molecule has 1 unspecified atom stereocenters. The number of carbonyl (C=O) groups excluding carboxylic acids is 1. The van der Waals surface area contributed by atoms with E-state index in [1.54, 1.807) is 25.4 Å². The Morgan fingerprint density at radius 3 is 2.47 bits per heavy atom. The van der Waals surface area contributed by atoms with Crippen LogP contribution >= 0.6 is 0 Å². The van der Waals surface area contributed by atoms with Gasteiger partial charge in [0, 0.05) is 24.5 Å². The standard InChI is InChI=1S/C15H17N3O/c1-11(14-5-3-4-10-17-14)18-13-8-6-12(7-9-13)15(19)16-2/h3-11,18H,1-2H3,(H,16,19). The van der Waals surface area contributed by atoms with E-state index >= 15 is 0 Å². The Labute approximate surface area is 112 Å². The largest absolute Gasteiger partial charge is 0.377 e. The Balaban J connectivity index is 2.06. The molecule has 1 atom stereocenters. The molecule has 0 aliphatic carbocycles. The number of rotatable bonds is 4. The third-order valence-electron chi connectivity index (χ3n) is 2.89. The van der Waals surface area contributed by atoms with Crippen LogP contribution in [0, 0.1) is 0 Å². The van der Waals surface area contributed by atoms with E-state index in [4.69, 9.17) is 0 Å². The van der Waals surface area contributed by atoms with Gasteiger partial charge in [-0.2, -0.15) is 0 Å². The third kappa shape index (κ3) is 3.31. The van der Waals surface area contributed by atoms with Crippen LogP contribution in [0.1, 0.15) is 29.0 Å². The van der Waals surface area contributed by atoms with Crippen molar-refractivity contribution in [3.05, 3.63) is 59.9 Å². The quantitative estimate of drug-likeness (QED) is 0.883. The Bertz CT molecular complexity index is 537. The molecule has 1 heterocycles. The van der Waals surface area contributed by atoms with Gasteiger partial charge in [-0.05, 0) is 43.3 Å². The Morgan fingerprint density at radius 2 is 1.89 bits per heavy atom. The van der Waals surface area contributed by atoms with Gasteiger partial charge < -0.3 is 10.6 Å². The van der Waals surface area contributed by atoms with Crippen LogP contribution < -0.4 is 10.6 Å². The molecule has 2 N–H and O–H groups in total. The molecule has 98 valence electrons. The van der Waals surface area contributed by atoms with Gasteiger partial charge in [-0.3, -0.25) is 9.78 Å². The van der Waals surface area contributed by atoms with E-state index in [9.17, 15) is 4.79 Å². The number of hydrogen-bond donors (Lipinski definition) is 2. The van der Waals surface area contributed by atoms with E-state index in [2.05, 4.69) is 22.5 Å². The molecule has 0 aliphatic heterocycles. The second-order valence-corrected chi connectivity index (χ2v) is 4.28. The monoisotopic (exact) mass is 255 g/mol. The van der Waals surface area contributed by atoms with Crippen molar-refractivity contribution in [3.63, 3.8) is 0 Å². The van der Waals surface area contributed by atoms with Crippen molar-refractivity contribution in [1.82, 2.24) is 10.3 Å². The Kier molecular flexibility index (Phi) is 4.13. The van der Waals surface area contributed by atoms with Gasteiger partial charge >= 0.3 is 0 Å². The molecule has 0 spiro atoms. The molecular weight excluding hydrogens is 238 g/mol. The maximum absolute atomic E-state index is 11.4. The van der Waals surface area contributed by atoms with Crippen LogP contribution in [0.4, 0.5) is 5.69 Å². The van der Waals surface area contributed by atoms with Gasteiger partial charge in [-0.15, -0.1) is 0 Å². The molecule has 0 saturated carbocycles. The zero-order valence-electron chi connectivity index (χ0n) is 11.1. The van der Waals surface area contributed by atoms with E-state index in [-0.39, 0.29) is 11.9 Å². The van der Waals surface area contributed by atoms with Crippen LogP contribution in [-0.2, 0) is 0 Å². The first-order valence-corrected chi connectivity index (χ1v) is 6.20. The summed E-state index contributed by atoms with van der Waals surface area (Å²) >= 11 is 0. The Hall–Kier alpha value is -2.36. The van der Waals surface area contributed by atoms with Gasteiger partial charge in [0.2, 0.25) is 0 Å². The molecule has 0 bridgehead atoms. The maximum atomic E-state index is 11.4. The van der Waals surface area contributed by atoms with Gasteiger partial charge in [0.05, 0.1) is 11.7 Å². The van der Waals surface area contributed by atoms with E-state index in [0.717, 1.165) is 11.4 Å². The van der Waals surface area contributed by atoms with Crippen molar-refractivity contribution in [2.24, 2.45) is 0 Å². The summed E-state index contributed by atoms with van der Waals surface area (Å²) in [7, 11) is 1.62. The number of nitrogens with one attached hydrogen (secondary N) is 2. The average molecular weight is 255 g/mol. The highest BCUT2D eigenvalue weighted by molar-refractivity contribution is 5.94. The van der Waals surface area contributed by atoms with Crippen molar-refractivity contribution >= 4 is 11.6 Å². The van der Waals surface area contributed by atoms with Gasteiger partial charge in [0.25, 0.3) is 5.91 Å². The lowest BCUT2D eigenvalue weighted by atomic mass is 10.1. The number of aromatic nitrogens is 1. The van der Waals surface area contributed by atoms with Crippen LogP contribution in [0.2, 0.25) is 0 Å². The number of pyridine rings is 1. The van der Waals surface area contributed by atoms with Gasteiger partial charge in [-0.1, -0.05) is 6.07 Å². The zero-order chi connectivity index (χ0) is 13.7. The minimum atomic E-state index is -0.0793. The molecule has 1 amide bonds. The molecule has 0 fully saturated rings. The first-order chi connectivity index (χ1) is 9.20. The van der Waals surface area contributed by atoms with Crippen molar-refractivity contribution in [2.45, 2.75) is 13.0 Å². The topological polar surface area (TPSA) is 54.0 Å². The molecule has 1 aromatic carbocycles. The molecule has 4 nitrogen and oxygen atoms in total. The van der Waals surface area contributed by atoms with Crippen molar-refractivity contribution in [2.75, 3.05) is 12.4 Å². The van der Waals surface area contributed by atoms with E-state index < -0.39 is 0 Å². The van der Waals surface area contributed by atoms with Gasteiger partial charge in [0.15, 0.2) is 0 Å². The van der Waals surface area contributed by atoms with Crippen LogP contribution in [0.3, 0.4) is 0 Å². The lowest BCUT2D eigenvalue weighted by Gasteiger charge is -2.14. The highest BCUT2D eigenvalue weighted by atomic mass is 16.1. The minimum absolute atomic E-state index is 0.0793. The molecule has 1 aromatic heterocycles. The fraction of sp³-hybridized carbons (Fsp3) is 0.200. The number of anilines is 1. The van der Waals surface area contributed by atoms with Crippen LogP contribution in [-0.4, -0.2) is 17.9 Å². The van der Waals surface area contributed by atoms with Gasteiger partial charge in [-0.25, -0.2) is 0 Å². The SMILES string of the molecule is CNC(=O)c1ccc(NC(C)c2ccccn2)cc1. The zero-order valence-corrected chi connectivity index (χ0v) is 11.1. The molecule has 2 aromatic rings. The number of amides is 1. The molecule has 0 aliphatic rings. The summed E-state index contributed by atoms with van der Waals surface area (Å²) in [6, 6.07) is 13.3. The fourth-order valence-corrected chi connectivity index (χ4v) is 1.82. The lowest BCUT2D eigenvalue weighted by molar-refractivity contribution is 0.0963. The predicted molar refractivity (Wildman–Crippen MR) is 76.1 cm³/mol. The highest BCUT2D eigenvalue weighted by Crippen LogP contribution is 2.17. The van der Waals surface area contributed by atoms with Crippen molar-refractivity contribution < 1.29 is 4.79 Å². The van der Waals surface area contributed by atoms with E-state index in [1.165, 1.54) is 0 Å². The lowest BCUT2D eigenvalue weighted by Crippen LogP contribution is -2.17. The van der Waals surface area contributed by atoms with Crippen molar-refractivity contribution in [1.29, 1.82) is 0 Å². The Morgan fingerprint density at radius 1 is 1.16 bits per heavy atom. The van der Waals surface area contributed by atoms with Gasteiger partial charge in [0.1, 0.15) is 0 Å². The summed E-state index contributed by atoms with van der Waals surface area (Å²) in [5, 5.41) is 5.95. The average Bonchev–Trinajstić information content (AvgIpc) is 2.48. The molecule has 2 rings (SSSR count). The first-order valence-electron chi connectivity index (χ1n) is 6.20. The first kappa shape index (κ1) is 13.1. The van der Waals surface area contributed by atoms with Crippen molar-refractivity contribution in [3.8, 4) is 0 Å². The summed E-state index contributed by atoms with van der Waals surface area (Å²) in [4.78, 5) is 15.7. The van der Waals surface area contributed by atoms with Crippen LogP contribution in [0.25, 0.3) is 0 Å². The number of carbonyl (C=O) groups is 1.